The molecular weight excluding hydrogens is 292 g/mol. The molecule has 126 valence electrons. The molecule has 5 heteroatoms. The van der Waals surface area contributed by atoms with E-state index in [0.29, 0.717) is 24.1 Å². The van der Waals surface area contributed by atoms with Crippen molar-refractivity contribution in [3.8, 4) is 0 Å². The fraction of sp³-hybridized carbons (Fsp3) is 0.778. The Morgan fingerprint density at radius 3 is 3.04 bits per heavy atom. The molecule has 1 aromatic rings. The van der Waals surface area contributed by atoms with E-state index in [9.17, 15) is 4.79 Å². The van der Waals surface area contributed by atoms with Crippen LogP contribution in [0.1, 0.15) is 61.2 Å². The summed E-state index contributed by atoms with van der Waals surface area (Å²) in [5.74, 6) is 3.38. The van der Waals surface area contributed by atoms with Gasteiger partial charge in [-0.3, -0.25) is 4.79 Å². The highest BCUT2D eigenvalue weighted by Crippen LogP contribution is 2.50. The Hall–Kier alpha value is -1.36. The molecule has 2 bridgehead atoms. The first-order valence-electron chi connectivity index (χ1n) is 9.00. The minimum Gasteiger partial charge on any atom is -0.377 e. The van der Waals surface area contributed by atoms with Gasteiger partial charge < -0.3 is 14.2 Å². The van der Waals surface area contributed by atoms with E-state index >= 15 is 0 Å². The fourth-order valence-electron chi connectivity index (χ4n) is 5.13. The average molecular weight is 318 g/mol. The fourth-order valence-corrected chi connectivity index (χ4v) is 5.13. The van der Waals surface area contributed by atoms with Crippen molar-refractivity contribution >= 4 is 5.91 Å². The maximum absolute atomic E-state index is 12.8. The van der Waals surface area contributed by atoms with Crippen molar-refractivity contribution in [3.63, 3.8) is 0 Å². The van der Waals surface area contributed by atoms with E-state index in [-0.39, 0.29) is 5.91 Å². The number of methoxy groups -OCH3 is 1. The molecule has 0 aromatic carbocycles. The lowest BCUT2D eigenvalue weighted by molar-refractivity contribution is 0.0696. The number of nitrogens with zero attached hydrogens (tertiary/aromatic N) is 2. The largest absolute Gasteiger partial charge is 0.377 e. The first-order valence-corrected chi connectivity index (χ1v) is 9.00. The highest BCUT2D eigenvalue weighted by atomic mass is 16.5. The Morgan fingerprint density at radius 1 is 1.39 bits per heavy atom. The Morgan fingerprint density at radius 2 is 2.30 bits per heavy atom. The number of amides is 1. The summed E-state index contributed by atoms with van der Waals surface area (Å²) in [5.41, 5.74) is 0.428. The summed E-state index contributed by atoms with van der Waals surface area (Å²) < 4.78 is 10.2. The summed E-state index contributed by atoms with van der Waals surface area (Å²) in [4.78, 5) is 14.8. The zero-order valence-electron chi connectivity index (χ0n) is 13.9. The number of ether oxygens (including phenoxy) is 1. The molecule has 0 unspecified atom stereocenters. The highest BCUT2D eigenvalue weighted by Gasteiger charge is 2.42. The van der Waals surface area contributed by atoms with E-state index < -0.39 is 0 Å². The number of carbonyl (C=O) groups is 1. The molecule has 2 heterocycles. The second-order valence-electron chi connectivity index (χ2n) is 7.58. The Balaban J connectivity index is 1.41. The molecule has 1 amide bonds. The minimum atomic E-state index is 0.0294. The van der Waals surface area contributed by atoms with Gasteiger partial charge in [0.2, 0.25) is 0 Å². The van der Waals surface area contributed by atoms with Crippen LogP contribution >= 0.6 is 0 Å². The van der Waals surface area contributed by atoms with Gasteiger partial charge in [0.1, 0.15) is 6.61 Å². The first-order chi connectivity index (χ1) is 11.2. The molecule has 1 aromatic heterocycles. The summed E-state index contributed by atoms with van der Waals surface area (Å²) in [6, 6.07) is 2.12. The zero-order valence-corrected chi connectivity index (χ0v) is 13.9. The van der Waals surface area contributed by atoms with Crippen molar-refractivity contribution in [2.75, 3.05) is 13.7 Å². The maximum Gasteiger partial charge on any atom is 0.276 e. The van der Waals surface area contributed by atoms with Gasteiger partial charge in [-0.05, 0) is 56.3 Å². The third-order valence-corrected chi connectivity index (χ3v) is 6.16. The lowest BCUT2D eigenvalue weighted by atomic mass is 9.83. The predicted octanol–water partition coefficient (Wildman–Crippen LogP) is 3.25. The summed E-state index contributed by atoms with van der Waals surface area (Å²) in [7, 11) is 1.61. The Labute approximate surface area is 137 Å². The van der Waals surface area contributed by atoms with Crippen LogP contribution in [-0.4, -0.2) is 35.7 Å². The van der Waals surface area contributed by atoms with Gasteiger partial charge in [0.05, 0.1) is 0 Å². The van der Waals surface area contributed by atoms with Gasteiger partial charge in [0.15, 0.2) is 11.5 Å². The van der Waals surface area contributed by atoms with Crippen molar-refractivity contribution in [2.24, 2.45) is 17.8 Å². The van der Waals surface area contributed by atoms with E-state index in [2.05, 4.69) is 5.16 Å². The topological polar surface area (TPSA) is 55.6 Å². The maximum atomic E-state index is 12.8. The van der Waals surface area contributed by atoms with Crippen LogP contribution in [0.2, 0.25) is 0 Å². The normalized spacial score (nSPS) is 32.8. The molecule has 4 rings (SSSR count). The van der Waals surface area contributed by atoms with Crippen LogP contribution < -0.4 is 0 Å². The molecular formula is C18H26N2O3. The third-order valence-electron chi connectivity index (χ3n) is 6.16. The molecule has 2 aliphatic carbocycles. The monoisotopic (exact) mass is 318 g/mol. The number of likely N-dealkylation sites (tertiary alicyclic amines) is 1. The van der Waals surface area contributed by atoms with Crippen molar-refractivity contribution in [1.29, 1.82) is 0 Å². The summed E-state index contributed by atoms with van der Waals surface area (Å²) >= 11 is 0. The number of rotatable bonds is 5. The SMILES string of the molecule is COCc1cc(C(=O)N2CCC[C@@H]2C[C@H]2C[C@H]3CC[C@H]2C3)no1. The molecule has 5 nitrogen and oxygen atoms in total. The van der Waals surface area contributed by atoms with Crippen LogP contribution in [0.4, 0.5) is 0 Å². The van der Waals surface area contributed by atoms with Crippen LogP contribution in [0.25, 0.3) is 0 Å². The van der Waals surface area contributed by atoms with Gasteiger partial charge in [-0.15, -0.1) is 0 Å². The van der Waals surface area contributed by atoms with Crippen molar-refractivity contribution in [3.05, 3.63) is 17.5 Å². The molecule has 23 heavy (non-hydrogen) atoms. The van der Waals surface area contributed by atoms with Crippen LogP contribution in [0, 0.1) is 17.8 Å². The van der Waals surface area contributed by atoms with Gasteiger partial charge in [-0.1, -0.05) is 11.6 Å². The molecule has 3 fully saturated rings. The molecule has 0 spiro atoms. The van der Waals surface area contributed by atoms with Gasteiger partial charge in [0.25, 0.3) is 5.91 Å². The minimum absolute atomic E-state index is 0.0294. The number of fused-ring (bicyclic) bond motifs is 2. The molecule has 3 aliphatic rings. The number of aromatic nitrogens is 1. The van der Waals surface area contributed by atoms with Crippen LogP contribution in [0.15, 0.2) is 10.6 Å². The standard InChI is InChI=1S/C18H26N2O3/c1-22-11-16-10-17(19-23-16)18(21)20-6-2-3-15(20)9-14-8-12-4-5-13(14)7-12/h10,12-15H,2-9,11H2,1H3/t12-,13-,14+,15+/m0/s1. The van der Waals surface area contributed by atoms with Crippen molar-refractivity contribution in [1.82, 2.24) is 10.1 Å². The van der Waals surface area contributed by atoms with Crippen molar-refractivity contribution < 1.29 is 14.1 Å². The molecule has 2 saturated carbocycles. The van der Waals surface area contributed by atoms with Crippen LogP contribution in [0.3, 0.4) is 0 Å². The summed E-state index contributed by atoms with van der Waals surface area (Å²) in [6.45, 7) is 1.21. The zero-order chi connectivity index (χ0) is 15.8. The quantitative estimate of drug-likeness (QED) is 0.836. The number of carbonyl (C=O) groups excluding carboxylic acids is 1. The van der Waals surface area contributed by atoms with Gasteiger partial charge in [-0.25, -0.2) is 0 Å². The first kappa shape index (κ1) is 15.2. The third kappa shape index (κ3) is 2.91. The molecule has 4 atom stereocenters. The van der Waals surface area contributed by atoms with E-state index in [1.54, 1.807) is 13.2 Å². The van der Waals surface area contributed by atoms with E-state index in [4.69, 9.17) is 9.26 Å². The molecule has 0 radical (unpaired) electrons. The van der Waals surface area contributed by atoms with Gasteiger partial charge in [-0.2, -0.15) is 0 Å². The lowest BCUT2D eigenvalue weighted by Crippen LogP contribution is -2.37. The highest BCUT2D eigenvalue weighted by molar-refractivity contribution is 5.92. The molecule has 0 N–H and O–H groups in total. The molecule has 1 saturated heterocycles. The second kappa shape index (κ2) is 6.27. The number of hydrogen-bond acceptors (Lipinski definition) is 4. The summed E-state index contributed by atoms with van der Waals surface area (Å²) in [6.07, 6.45) is 9.13. The van der Waals surface area contributed by atoms with Crippen molar-refractivity contribution in [2.45, 2.75) is 57.6 Å². The van der Waals surface area contributed by atoms with E-state index in [0.717, 1.165) is 37.1 Å². The number of hydrogen-bond donors (Lipinski definition) is 0. The average Bonchev–Trinajstić information content (AvgIpc) is 3.31. The second-order valence-corrected chi connectivity index (χ2v) is 7.58. The van der Waals surface area contributed by atoms with Gasteiger partial charge in [0, 0.05) is 25.8 Å². The lowest BCUT2D eigenvalue weighted by Gasteiger charge is -2.29. The Bertz CT molecular complexity index is 570. The summed E-state index contributed by atoms with van der Waals surface area (Å²) in [5, 5.41) is 3.94. The predicted molar refractivity (Wildman–Crippen MR) is 84.8 cm³/mol. The van der Waals surface area contributed by atoms with E-state index in [1.165, 1.54) is 32.1 Å². The van der Waals surface area contributed by atoms with Crippen LogP contribution in [0.5, 0.6) is 0 Å². The smallest absolute Gasteiger partial charge is 0.276 e. The van der Waals surface area contributed by atoms with Gasteiger partial charge >= 0.3 is 0 Å². The molecule has 1 aliphatic heterocycles. The van der Waals surface area contributed by atoms with Crippen LogP contribution in [-0.2, 0) is 11.3 Å². The van der Waals surface area contributed by atoms with E-state index in [1.807, 2.05) is 4.90 Å². The Kier molecular flexibility index (Phi) is 4.14.